The van der Waals surface area contributed by atoms with Crippen molar-refractivity contribution in [3.05, 3.63) is 5.82 Å². The first-order chi connectivity index (χ1) is 9.81. The van der Waals surface area contributed by atoms with Crippen molar-refractivity contribution in [3.63, 3.8) is 0 Å². The van der Waals surface area contributed by atoms with Crippen molar-refractivity contribution in [1.82, 2.24) is 25.5 Å². The number of esters is 1. The number of carbonyl (C=O) groups excluding carboxylic acids is 2. The number of carbonyl (C=O) groups is 2. The maximum Gasteiger partial charge on any atom is 0.329 e. The normalized spacial score (nSPS) is 20.7. The number of nitrogens with zero attached hydrogens (tertiary/aromatic N) is 4. The molecule has 1 aromatic rings. The first kappa shape index (κ1) is 15.4. The molecule has 1 amide bonds. The molecule has 2 rings (SSSR count). The Morgan fingerprint density at radius 2 is 2.24 bits per heavy atom. The first-order valence-electron chi connectivity index (χ1n) is 7.07. The van der Waals surface area contributed by atoms with Crippen molar-refractivity contribution in [3.8, 4) is 0 Å². The Morgan fingerprint density at radius 1 is 1.52 bits per heavy atom. The molecule has 0 bridgehead atoms. The molecule has 0 aliphatic carbocycles. The van der Waals surface area contributed by atoms with Gasteiger partial charge in [-0.05, 0) is 27.2 Å². The molecule has 0 spiro atoms. The van der Waals surface area contributed by atoms with Gasteiger partial charge < -0.3 is 9.64 Å². The van der Waals surface area contributed by atoms with E-state index in [1.54, 1.807) is 4.90 Å². The lowest BCUT2D eigenvalue weighted by Gasteiger charge is -2.29. The van der Waals surface area contributed by atoms with Gasteiger partial charge in [0.1, 0.15) is 11.6 Å². The number of aromatic nitrogens is 4. The van der Waals surface area contributed by atoms with Crippen LogP contribution in [0, 0.1) is 0 Å². The Hall–Kier alpha value is -1.99. The lowest BCUT2D eigenvalue weighted by atomic mass is 10.1. The van der Waals surface area contributed by atoms with Crippen LogP contribution >= 0.6 is 0 Å². The third-order valence-corrected chi connectivity index (χ3v) is 3.33. The molecule has 1 aromatic heterocycles. The molecule has 0 radical (unpaired) electrons. The summed E-state index contributed by atoms with van der Waals surface area (Å²) in [6.07, 6.45) is 0.804. The Kier molecular flexibility index (Phi) is 4.24. The van der Waals surface area contributed by atoms with Gasteiger partial charge in [-0.25, -0.2) is 4.79 Å². The summed E-state index contributed by atoms with van der Waals surface area (Å²) in [6, 6.07) is -0.561. The molecule has 1 saturated heterocycles. The summed E-state index contributed by atoms with van der Waals surface area (Å²) in [7, 11) is 0. The van der Waals surface area contributed by atoms with Crippen molar-refractivity contribution >= 4 is 11.9 Å². The monoisotopic (exact) mass is 295 g/mol. The second-order valence-corrected chi connectivity index (χ2v) is 6.17. The molecule has 0 saturated carbocycles. The summed E-state index contributed by atoms with van der Waals surface area (Å²) in [4.78, 5) is 26.0. The van der Waals surface area contributed by atoms with Crippen molar-refractivity contribution in [2.24, 2.45) is 0 Å². The number of amides is 1. The largest absolute Gasteiger partial charge is 0.458 e. The number of H-pyrrole nitrogens is 1. The third-order valence-electron chi connectivity index (χ3n) is 3.33. The number of tetrazole rings is 1. The summed E-state index contributed by atoms with van der Waals surface area (Å²) in [5.74, 6) is -0.0766. The topological polar surface area (TPSA) is 101 Å². The molecule has 2 unspecified atom stereocenters. The minimum Gasteiger partial charge on any atom is -0.458 e. The van der Waals surface area contributed by atoms with Crippen LogP contribution in [0.2, 0.25) is 0 Å². The molecule has 0 aromatic carbocycles. The van der Waals surface area contributed by atoms with Gasteiger partial charge in [0, 0.05) is 18.9 Å². The Bertz CT molecular complexity index is 508. The lowest BCUT2D eigenvalue weighted by molar-refractivity contribution is -0.163. The molecule has 8 heteroatoms. The van der Waals surface area contributed by atoms with Crippen LogP contribution in [0.1, 0.15) is 52.3 Å². The van der Waals surface area contributed by atoms with Gasteiger partial charge >= 0.3 is 5.97 Å². The van der Waals surface area contributed by atoms with Gasteiger partial charge in [-0.1, -0.05) is 12.1 Å². The minimum atomic E-state index is -0.569. The highest BCUT2D eigenvalue weighted by Gasteiger charge is 2.40. The predicted molar refractivity (Wildman–Crippen MR) is 73.2 cm³/mol. The fraction of sp³-hybridized carbons (Fsp3) is 0.769. The fourth-order valence-electron chi connectivity index (χ4n) is 2.43. The molecular weight excluding hydrogens is 274 g/mol. The number of rotatable bonds is 4. The van der Waals surface area contributed by atoms with E-state index in [1.807, 2.05) is 27.7 Å². The number of likely N-dealkylation sites (tertiary alicyclic amines) is 1. The summed E-state index contributed by atoms with van der Waals surface area (Å²) < 4.78 is 5.39. The molecule has 1 aliphatic rings. The van der Waals surface area contributed by atoms with Crippen LogP contribution < -0.4 is 0 Å². The molecule has 2 atom stereocenters. The number of nitrogens with one attached hydrogen (secondary N) is 1. The van der Waals surface area contributed by atoms with Crippen molar-refractivity contribution in [2.75, 3.05) is 6.54 Å². The van der Waals surface area contributed by atoms with Gasteiger partial charge in [-0.15, -0.1) is 10.2 Å². The maximum absolute atomic E-state index is 12.2. The maximum atomic E-state index is 12.2. The zero-order valence-corrected chi connectivity index (χ0v) is 12.8. The standard InChI is InChI=1S/C13H21N5O3/c1-5-9(12(20)21-13(2,3)4)18-7-8(6-10(18)19)11-14-16-17-15-11/h8-9H,5-7H2,1-4H3,(H,14,15,16,17). The van der Waals surface area contributed by atoms with Crippen LogP contribution in [0.25, 0.3) is 0 Å². The number of hydrogen-bond donors (Lipinski definition) is 1. The van der Waals surface area contributed by atoms with Crippen LogP contribution in [0.15, 0.2) is 0 Å². The van der Waals surface area contributed by atoms with Crippen LogP contribution in [0.5, 0.6) is 0 Å². The van der Waals surface area contributed by atoms with E-state index in [4.69, 9.17) is 4.74 Å². The molecule has 1 aliphatic heterocycles. The van der Waals surface area contributed by atoms with Gasteiger partial charge in [0.05, 0.1) is 0 Å². The van der Waals surface area contributed by atoms with Gasteiger partial charge in [0.2, 0.25) is 5.91 Å². The number of aromatic amines is 1. The van der Waals surface area contributed by atoms with E-state index in [1.165, 1.54) is 0 Å². The molecule has 116 valence electrons. The van der Waals surface area contributed by atoms with Crippen molar-refractivity contribution in [1.29, 1.82) is 0 Å². The average Bonchev–Trinajstić information content (AvgIpc) is 2.98. The lowest BCUT2D eigenvalue weighted by Crippen LogP contribution is -2.44. The third kappa shape index (κ3) is 3.56. The molecular formula is C13H21N5O3. The zero-order chi connectivity index (χ0) is 15.6. The first-order valence-corrected chi connectivity index (χ1v) is 7.07. The molecule has 1 N–H and O–H groups in total. The van der Waals surface area contributed by atoms with E-state index in [9.17, 15) is 9.59 Å². The second kappa shape index (κ2) is 5.79. The molecule has 2 heterocycles. The van der Waals surface area contributed by atoms with Gasteiger partial charge in [-0.2, -0.15) is 5.21 Å². The van der Waals surface area contributed by atoms with E-state index < -0.39 is 11.6 Å². The minimum absolute atomic E-state index is 0.0810. The van der Waals surface area contributed by atoms with Crippen LogP contribution in [0.4, 0.5) is 0 Å². The summed E-state index contributed by atoms with van der Waals surface area (Å²) in [5.41, 5.74) is -0.569. The van der Waals surface area contributed by atoms with E-state index in [-0.39, 0.29) is 17.8 Å². The number of hydrogen-bond acceptors (Lipinski definition) is 6. The molecule has 8 nitrogen and oxygen atoms in total. The quantitative estimate of drug-likeness (QED) is 0.818. The van der Waals surface area contributed by atoms with E-state index in [0.29, 0.717) is 25.2 Å². The molecule has 21 heavy (non-hydrogen) atoms. The van der Waals surface area contributed by atoms with Crippen LogP contribution in [0.3, 0.4) is 0 Å². The highest BCUT2D eigenvalue weighted by Crippen LogP contribution is 2.28. The van der Waals surface area contributed by atoms with E-state index in [0.717, 1.165) is 0 Å². The predicted octanol–water partition coefficient (Wildman–Crippen LogP) is 0.636. The Morgan fingerprint density at radius 3 is 2.76 bits per heavy atom. The second-order valence-electron chi connectivity index (χ2n) is 6.17. The van der Waals surface area contributed by atoms with Crippen LogP contribution in [-0.4, -0.2) is 55.6 Å². The van der Waals surface area contributed by atoms with Crippen LogP contribution in [-0.2, 0) is 14.3 Å². The Balaban J connectivity index is 2.08. The summed E-state index contributed by atoms with van der Waals surface area (Å²) in [5, 5.41) is 13.7. The smallest absolute Gasteiger partial charge is 0.329 e. The van der Waals surface area contributed by atoms with Crippen molar-refractivity contribution in [2.45, 2.75) is 58.1 Å². The van der Waals surface area contributed by atoms with E-state index >= 15 is 0 Å². The Labute approximate surface area is 123 Å². The van der Waals surface area contributed by atoms with Crippen molar-refractivity contribution < 1.29 is 14.3 Å². The fourth-order valence-corrected chi connectivity index (χ4v) is 2.43. The summed E-state index contributed by atoms with van der Waals surface area (Å²) >= 11 is 0. The van der Waals surface area contributed by atoms with E-state index in [2.05, 4.69) is 20.6 Å². The highest BCUT2D eigenvalue weighted by molar-refractivity contribution is 5.86. The summed E-state index contributed by atoms with van der Waals surface area (Å²) in [6.45, 7) is 7.71. The van der Waals surface area contributed by atoms with Gasteiger partial charge in [-0.3, -0.25) is 4.79 Å². The van der Waals surface area contributed by atoms with Gasteiger partial charge in [0.25, 0.3) is 0 Å². The molecule has 1 fully saturated rings. The van der Waals surface area contributed by atoms with Gasteiger partial charge in [0.15, 0.2) is 5.82 Å². The SMILES string of the molecule is CCC(C(=O)OC(C)(C)C)N1CC(c2nn[nH]n2)CC1=O. The average molecular weight is 295 g/mol. The highest BCUT2D eigenvalue weighted by atomic mass is 16.6. The zero-order valence-electron chi connectivity index (χ0n) is 12.8. The number of ether oxygens (including phenoxy) is 1.